The van der Waals surface area contributed by atoms with Crippen molar-refractivity contribution >= 4 is 61.6 Å². The summed E-state index contributed by atoms with van der Waals surface area (Å²) in [6.07, 6.45) is 4.17. The Balaban J connectivity index is 1.53. The van der Waals surface area contributed by atoms with E-state index in [2.05, 4.69) is 35.0 Å². The zero-order valence-corrected chi connectivity index (χ0v) is 20.1. The molecule has 0 unspecified atom stereocenters. The molecule has 3 heterocycles. The molecule has 0 saturated carbocycles. The van der Waals surface area contributed by atoms with Gasteiger partial charge in [-0.05, 0) is 42.5 Å². The van der Waals surface area contributed by atoms with E-state index in [0.717, 1.165) is 18.2 Å². The van der Waals surface area contributed by atoms with Gasteiger partial charge in [-0.1, -0.05) is 23.2 Å². The molecule has 36 heavy (non-hydrogen) atoms. The number of hydrogen-bond donors (Lipinski definition) is 3. The molecule has 0 spiro atoms. The van der Waals surface area contributed by atoms with E-state index >= 15 is 4.39 Å². The van der Waals surface area contributed by atoms with Crippen molar-refractivity contribution in [3.05, 3.63) is 83.0 Å². The number of benzene rings is 2. The highest BCUT2D eigenvalue weighted by Crippen LogP contribution is 2.34. The number of H-pyrrole nitrogens is 1. The molecule has 14 heteroatoms. The molecule has 0 atom stereocenters. The molecule has 5 aromatic rings. The molecule has 182 valence electrons. The predicted octanol–water partition coefficient (Wildman–Crippen LogP) is 5.54. The number of nitrogens with one attached hydrogen (secondary N) is 3. The van der Waals surface area contributed by atoms with Crippen molar-refractivity contribution in [1.82, 2.24) is 24.9 Å². The summed E-state index contributed by atoms with van der Waals surface area (Å²) >= 11 is 11.7. The Morgan fingerprint density at radius 2 is 1.78 bits per heavy atom. The maximum absolute atomic E-state index is 15.4. The molecule has 0 radical (unpaired) electrons. The van der Waals surface area contributed by atoms with Crippen molar-refractivity contribution in [2.45, 2.75) is 4.90 Å². The van der Waals surface area contributed by atoms with Gasteiger partial charge < -0.3 is 10.3 Å². The molecule has 3 aromatic heterocycles. The van der Waals surface area contributed by atoms with Crippen molar-refractivity contribution in [3.63, 3.8) is 0 Å². The van der Waals surface area contributed by atoms with Gasteiger partial charge in [-0.15, -0.1) is 0 Å². The summed E-state index contributed by atoms with van der Waals surface area (Å²) in [4.78, 5) is 19.3. The highest BCUT2D eigenvalue weighted by molar-refractivity contribution is 7.92. The standard InChI is InChI=1S/C22H13Cl2F2N7O2S/c23-13-4-3-11(8-14(13)24)36(34,35)33-16-6-5-15(25)19(17(16)26)32-21-12(2-1-7-27-21)18-20-22(30-9-28-18)31-10-29-20/h1-10,33H,(H,27,32)(H,28,29,30,31). The van der Waals surface area contributed by atoms with Gasteiger partial charge in [-0.3, -0.25) is 4.72 Å². The maximum atomic E-state index is 15.4. The Bertz CT molecular complexity index is 1730. The molecular weight excluding hydrogens is 535 g/mol. The molecule has 9 nitrogen and oxygen atoms in total. The summed E-state index contributed by atoms with van der Waals surface area (Å²) < 4.78 is 57.8. The van der Waals surface area contributed by atoms with Crippen molar-refractivity contribution in [1.29, 1.82) is 0 Å². The minimum Gasteiger partial charge on any atom is -0.335 e. The van der Waals surface area contributed by atoms with E-state index in [-0.39, 0.29) is 20.8 Å². The van der Waals surface area contributed by atoms with Crippen LogP contribution in [0.25, 0.3) is 22.4 Å². The van der Waals surface area contributed by atoms with Crippen LogP contribution in [-0.4, -0.2) is 33.3 Å². The fourth-order valence-electron chi connectivity index (χ4n) is 3.37. The van der Waals surface area contributed by atoms with Crippen molar-refractivity contribution in [3.8, 4) is 11.3 Å². The zero-order chi connectivity index (χ0) is 25.4. The number of aromatic amines is 1. The number of hydrogen-bond acceptors (Lipinski definition) is 7. The molecule has 0 amide bonds. The van der Waals surface area contributed by atoms with Crippen molar-refractivity contribution in [2.24, 2.45) is 0 Å². The van der Waals surface area contributed by atoms with Gasteiger partial charge in [0.1, 0.15) is 34.9 Å². The first-order valence-corrected chi connectivity index (χ1v) is 12.3. The number of sulfonamides is 1. The second-order valence-corrected chi connectivity index (χ2v) is 9.81. The fraction of sp³-hybridized carbons (Fsp3) is 0. The van der Waals surface area contributed by atoms with Gasteiger partial charge in [0.2, 0.25) is 0 Å². The lowest BCUT2D eigenvalue weighted by atomic mass is 10.1. The number of halogens is 4. The quantitative estimate of drug-likeness (QED) is 0.254. The number of aromatic nitrogens is 5. The lowest BCUT2D eigenvalue weighted by Gasteiger charge is -2.15. The summed E-state index contributed by atoms with van der Waals surface area (Å²) in [5, 5.41) is 2.76. The molecule has 0 bridgehead atoms. The fourth-order valence-corrected chi connectivity index (χ4v) is 4.82. The third kappa shape index (κ3) is 4.41. The van der Waals surface area contributed by atoms with Gasteiger partial charge in [0, 0.05) is 11.8 Å². The van der Waals surface area contributed by atoms with E-state index in [1.54, 1.807) is 12.1 Å². The van der Waals surface area contributed by atoms with Gasteiger partial charge in [-0.25, -0.2) is 37.1 Å². The molecule has 2 aromatic carbocycles. The molecule has 0 aliphatic heterocycles. The number of pyridine rings is 1. The van der Waals surface area contributed by atoms with E-state index in [0.29, 0.717) is 22.4 Å². The topological polar surface area (TPSA) is 126 Å². The Labute approximate surface area is 212 Å². The summed E-state index contributed by atoms with van der Waals surface area (Å²) in [5.74, 6) is -2.11. The number of rotatable bonds is 6. The Morgan fingerprint density at radius 3 is 2.58 bits per heavy atom. The average Bonchev–Trinajstić information content (AvgIpc) is 3.35. The highest BCUT2D eigenvalue weighted by Gasteiger charge is 2.22. The van der Waals surface area contributed by atoms with E-state index in [1.807, 2.05) is 0 Å². The number of nitrogens with zero attached hydrogens (tertiary/aromatic N) is 4. The summed E-state index contributed by atoms with van der Waals surface area (Å²) in [6, 6.07) is 8.74. The Morgan fingerprint density at radius 1 is 0.944 bits per heavy atom. The van der Waals surface area contributed by atoms with Crippen LogP contribution in [0.5, 0.6) is 0 Å². The van der Waals surface area contributed by atoms with Crippen LogP contribution in [0.2, 0.25) is 10.0 Å². The molecule has 0 saturated heterocycles. The van der Waals surface area contributed by atoms with Gasteiger partial charge in [-0.2, -0.15) is 0 Å². The predicted molar refractivity (Wildman–Crippen MR) is 132 cm³/mol. The molecule has 3 N–H and O–H groups in total. The number of anilines is 3. The maximum Gasteiger partial charge on any atom is 0.262 e. The second kappa shape index (κ2) is 9.30. The van der Waals surface area contributed by atoms with Crippen LogP contribution in [0.15, 0.2) is 66.2 Å². The van der Waals surface area contributed by atoms with E-state index < -0.39 is 33.0 Å². The highest BCUT2D eigenvalue weighted by atomic mass is 35.5. The third-order valence-corrected chi connectivity index (χ3v) is 7.16. The Hall–Kier alpha value is -3.87. The van der Waals surface area contributed by atoms with Gasteiger partial charge in [0.05, 0.1) is 27.0 Å². The molecular formula is C22H13Cl2F2N7O2S. The molecule has 0 aliphatic rings. The van der Waals surface area contributed by atoms with E-state index in [9.17, 15) is 12.8 Å². The summed E-state index contributed by atoms with van der Waals surface area (Å²) in [6.45, 7) is 0. The monoisotopic (exact) mass is 547 g/mol. The lowest BCUT2D eigenvalue weighted by Crippen LogP contribution is -2.15. The van der Waals surface area contributed by atoms with E-state index in [1.165, 1.54) is 31.0 Å². The second-order valence-electron chi connectivity index (χ2n) is 7.31. The average molecular weight is 548 g/mol. The first-order valence-electron chi connectivity index (χ1n) is 10.1. The number of imidazole rings is 1. The molecule has 0 aliphatic carbocycles. The van der Waals surface area contributed by atoms with Crippen LogP contribution in [0.4, 0.5) is 26.0 Å². The minimum absolute atomic E-state index is 0.0000942. The van der Waals surface area contributed by atoms with Crippen LogP contribution in [0.3, 0.4) is 0 Å². The van der Waals surface area contributed by atoms with Crippen LogP contribution < -0.4 is 10.0 Å². The van der Waals surface area contributed by atoms with Gasteiger partial charge in [0.15, 0.2) is 11.5 Å². The minimum atomic E-state index is -4.27. The lowest BCUT2D eigenvalue weighted by molar-refractivity contribution is 0.588. The normalized spacial score (nSPS) is 11.6. The molecule has 0 fully saturated rings. The first-order chi connectivity index (χ1) is 17.2. The largest absolute Gasteiger partial charge is 0.335 e. The summed E-state index contributed by atoms with van der Waals surface area (Å²) in [5.41, 5.74) is 0.519. The van der Waals surface area contributed by atoms with Crippen molar-refractivity contribution in [2.75, 3.05) is 10.0 Å². The van der Waals surface area contributed by atoms with Crippen LogP contribution in [-0.2, 0) is 10.0 Å². The third-order valence-electron chi connectivity index (χ3n) is 5.06. The van der Waals surface area contributed by atoms with Crippen molar-refractivity contribution < 1.29 is 17.2 Å². The van der Waals surface area contributed by atoms with Crippen LogP contribution in [0, 0.1) is 11.6 Å². The van der Waals surface area contributed by atoms with Gasteiger partial charge in [0.25, 0.3) is 10.0 Å². The van der Waals surface area contributed by atoms with Crippen LogP contribution in [0.1, 0.15) is 0 Å². The number of fused-ring (bicyclic) bond motifs is 1. The van der Waals surface area contributed by atoms with E-state index in [4.69, 9.17) is 23.2 Å². The summed E-state index contributed by atoms with van der Waals surface area (Å²) in [7, 11) is -4.27. The Kier molecular flexibility index (Phi) is 6.16. The SMILES string of the molecule is O=S(=O)(Nc1ccc(F)c(Nc2ncccc2-c2ncnc3[nH]cnc23)c1F)c1ccc(Cl)c(Cl)c1. The first kappa shape index (κ1) is 23.9. The smallest absolute Gasteiger partial charge is 0.262 e. The van der Waals surface area contributed by atoms with Gasteiger partial charge >= 0.3 is 0 Å². The molecule has 5 rings (SSSR count). The van der Waals surface area contributed by atoms with Crippen LogP contribution >= 0.6 is 23.2 Å². The zero-order valence-electron chi connectivity index (χ0n) is 17.8.